The van der Waals surface area contributed by atoms with Crippen molar-refractivity contribution in [3.63, 3.8) is 0 Å². The molecule has 20 heavy (non-hydrogen) atoms. The number of carbonyl (C=O) groups is 1. The minimum absolute atomic E-state index is 0.142. The van der Waals surface area contributed by atoms with E-state index in [2.05, 4.69) is 12.2 Å². The fourth-order valence-corrected chi connectivity index (χ4v) is 2.28. The van der Waals surface area contributed by atoms with Crippen LogP contribution in [0.1, 0.15) is 44.7 Å². The van der Waals surface area contributed by atoms with Gasteiger partial charge in [0.1, 0.15) is 0 Å². The molecule has 112 valence electrons. The Kier molecular flexibility index (Phi) is 7.97. The van der Waals surface area contributed by atoms with E-state index in [0.29, 0.717) is 23.1 Å². The number of nitrogens with one attached hydrogen (secondary N) is 1. The molecule has 0 radical (unpaired) electrons. The van der Waals surface area contributed by atoms with E-state index in [4.69, 9.17) is 27.9 Å². The predicted octanol–water partition coefficient (Wildman–Crippen LogP) is 4.38. The molecule has 1 atom stereocenters. The second kappa shape index (κ2) is 9.22. The molecule has 0 amide bonds. The van der Waals surface area contributed by atoms with Crippen LogP contribution in [0.4, 0.5) is 0 Å². The largest absolute Gasteiger partial charge is 0.466 e. The molecular formula is C15H21Cl2NO2. The SMILES string of the molecule is CCOC(=O)CCCNC(CC)c1ccc(Cl)c(Cl)c1. The van der Waals surface area contributed by atoms with Crippen molar-refractivity contribution >= 4 is 29.2 Å². The molecule has 5 heteroatoms. The number of benzene rings is 1. The van der Waals surface area contributed by atoms with Crippen LogP contribution in [0.15, 0.2) is 18.2 Å². The van der Waals surface area contributed by atoms with Gasteiger partial charge in [-0.2, -0.15) is 0 Å². The lowest BCUT2D eigenvalue weighted by Crippen LogP contribution is -2.22. The Morgan fingerprint density at radius 3 is 2.65 bits per heavy atom. The van der Waals surface area contributed by atoms with Gasteiger partial charge in [0.25, 0.3) is 0 Å². The van der Waals surface area contributed by atoms with Gasteiger partial charge < -0.3 is 10.1 Å². The molecule has 0 saturated heterocycles. The molecule has 0 fully saturated rings. The minimum Gasteiger partial charge on any atom is -0.466 e. The molecule has 0 saturated carbocycles. The molecule has 1 N–H and O–H groups in total. The molecule has 1 aromatic carbocycles. The fraction of sp³-hybridized carbons (Fsp3) is 0.533. The van der Waals surface area contributed by atoms with Crippen molar-refractivity contribution in [3.8, 4) is 0 Å². The van der Waals surface area contributed by atoms with E-state index in [9.17, 15) is 4.79 Å². The first-order valence-corrected chi connectivity index (χ1v) is 7.68. The Hall–Kier alpha value is -0.770. The zero-order valence-corrected chi connectivity index (χ0v) is 13.4. The van der Waals surface area contributed by atoms with Crippen molar-refractivity contribution in [2.75, 3.05) is 13.2 Å². The summed E-state index contributed by atoms with van der Waals surface area (Å²) in [4.78, 5) is 11.2. The smallest absolute Gasteiger partial charge is 0.305 e. The van der Waals surface area contributed by atoms with Gasteiger partial charge in [0.05, 0.1) is 16.7 Å². The fourth-order valence-electron chi connectivity index (χ4n) is 1.97. The molecule has 0 aliphatic carbocycles. The molecule has 3 nitrogen and oxygen atoms in total. The van der Waals surface area contributed by atoms with E-state index >= 15 is 0 Å². The monoisotopic (exact) mass is 317 g/mol. The average molecular weight is 318 g/mol. The quantitative estimate of drug-likeness (QED) is 0.571. The van der Waals surface area contributed by atoms with Gasteiger partial charge in [0.2, 0.25) is 0 Å². The first kappa shape index (κ1) is 17.3. The van der Waals surface area contributed by atoms with E-state index in [-0.39, 0.29) is 12.0 Å². The maximum Gasteiger partial charge on any atom is 0.305 e. The molecule has 0 heterocycles. The molecule has 0 bridgehead atoms. The summed E-state index contributed by atoms with van der Waals surface area (Å²) < 4.78 is 4.89. The summed E-state index contributed by atoms with van der Waals surface area (Å²) in [6, 6.07) is 5.88. The first-order valence-electron chi connectivity index (χ1n) is 6.92. The second-order valence-corrected chi connectivity index (χ2v) is 5.31. The molecule has 0 aliphatic rings. The number of carbonyl (C=O) groups excluding carboxylic acids is 1. The Morgan fingerprint density at radius 2 is 2.05 bits per heavy atom. The van der Waals surface area contributed by atoms with Crippen molar-refractivity contribution in [3.05, 3.63) is 33.8 Å². The molecule has 1 aromatic rings. The van der Waals surface area contributed by atoms with Crippen LogP contribution in [0.3, 0.4) is 0 Å². The van der Waals surface area contributed by atoms with Gasteiger partial charge in [0.15, 0.2) is 0 Å². The van der Waals surface area contributed by atoms with Crippen molar-refractivity contribution in [2.24, 2.45) is 0 Å². The van der Waals surface area contributed by atoms with E-state index in [0.717, 1.165) is 24.9 Å². The maximum absolute atomic E-state index is 11.2. The molecule has 1 rings (SSSR count). The van der Waals surface area contributed by atoms with Crippen LogP contribution in [0.25, 0.3) is 0 Å². The van der Waals surface area contributed by atoms with E-state index in [1.54, 1.807) is 0 Å². The van der Waals surface area contributed by atoms with E-state index in [1.165, 1.54) is 0 Å². The van der Waals surface area contributed by atoms with Crippen molar-refractivity contribution in [1.29, 1.82) is 0 Å². The molecular weight excluding hydrogens is 297 g/mol. The van der Waals surface area contributed by atoms with Gasteiger partial charge in [0, 0.05) is 12.5 Å². The number of hydrogen-bond donors (Lipinski definition) is 1. The lowest BCUT2D eigenvalue weighted by Gasteiger charge is -2.18. The molecule has 0 aromatic heterocycles. The lowest BCUT2D eigenvalue weighted by atomic mass is 10.0. The Labute approximate surface area is 130 Å². The number of ether oxygens (including phenoxy) is 1. The standard InChI is InChI=1S/C15H21Cl2NO2/c1-3-14(11-7-8-12(16)13(17)10-11)18-9-5-6-15(19)20-4-2/h7-8,10,14,18H,3-6,9H2,1-2H3. The van der Waals surface area contributed by atoms with Crippen LogP contribution >= 0.6 is 23.2 Å². The normalized spacial score (nSPS) is 12.2. The number of rotatable bonds is 8. The summed E-state index contributed by atoms with van der Waals surface area (Å²) in [7, 11) is 0. The van der Waals surface area contributed by atoms with Crippen molar-refractivity contribution in [1.82, 2.24) is 5.32 Å². The Bertz CT molecular complexity index is 438. The Morgan fingerprint density at radius 1 is 1.30 bits per heavy atom. The first-order chi connectivity index (χ1) is 9.58. The summed E-state index contributed by atoms with van der Waals surface area (Å²) in [5, 5.41) is 4.55. The number of esters is 1. The molecule has 0 aliphatic heterocycles. The van der Waals surface area contributed by atoms with Crippen LogP contribution in [-0.4, -0.2) is 19.1 Å². The Balaban J connectivity index is 2.43. The summed E-state index contributed by atoms with van der Waals surface area (Å²) in [6.45, 7) is 5.11. The summed E-state index contributed by atoms with van der Waals surface area (Å²) in [5.74, 6) is -0.142. The van der Waals surface area contributed by atoms with Crippen molar-refractivity contribution < 1.29 is 9.53 Å². The van der Waals surface area contributed by atoms with Crippen LogP contribution in [0.2, 0.25) is 10.0 Å². The van der Waals surface area contributed by atoms with E-state index < -0.39 is 0 Å². The summed E-state index contributed by atoms with van der Waals surface area (Å²) >= 11 is 11.9. The van der Waals surface area contributed by atoms with Gasteiger partial charge in [-0.1, -0.05) is 36.2 Å². The summed E-state index contributed by atoms with van der Waals surface area (Å²) in [6.07, 6.45) is 2.15. The van der Waals surface area contributed by atoms with E-state index in [1.807, 2.05) is 25.1 Å². The van der Waals surface area contributed by atoms with Crippen LogP contribution in [-0.2, 0) is 9.53 Å². The highest BCUT2D eigenvalue weighted by Crippen LogP contribution is 2.26. The predicted molar refractivity (Wildman–Crippen MR) is 83.4 cm³/mol. The van der Waals surface area contributed by atoms with Crippen LogP contribution in [0, 0.1) is 0 Å². The topological polar surface area (TPSA) is 38.3 Å². The highest BCUT2D eigenvalue weighted by Gasteiger charge is 2.10. The van der Waals surface area contributed by atoms with Gasteiger partial charge in [-0.15, -0.1) is 0 Å². The van der Waals surface area contributed by atoms with Crippen LogP contribution in [0.5, 0.6) is 0 Å². The highest BCUT2D eigenvalue weighted by molar-refractivity contribution is 6.42. The maximum atomic E-state index is 11.2. The highest BCUT2D eigenvalue weighted by atomic mass is 35.5. The van der Waals surface area contributed by atoms with Gasteiger partial charge in [-0.3, -0.25) is 4.79 Å². The van der Waals surface area contributed by atoms with Gasteiger partial charge >= 0.3 is 5.97 Å². The third kappa shape index (κ3) is 5.70. The van der Waals surface area contributed by atoms with Gasteiger partial charge in [-0.25, -0.2) is 0 Å². The van der Waals surface area contributed by atoms with Gasteiger partial charge in [-0.05, 0) is 44.0 Å². The summed E-state index contributed by atoms with van der Waals surface area (Å²) in [5.41, 5.74) is 1.11. The lowest BCUT2D eigenvalue weighted by molar-refractivity contribution is -0.143. The molecule has 1 unspecified atom stereocenters. The minimum atomic E-state index is -0.142. The van der Waals surface area contributed by atoms with Crippen LogP contribution < -0.4 is 5.32 Å². The second-order valence-electron chi connectivity index (χ2n) is 4.50. The zero-order valence-electron chi connectivity index (χ0n) is 11.9. The third-order valence-electron chi connectivity index (χ3n) is 3.01. The number of halogens is 2. The number of hydrogen-bond acceptors (Lipinski definition) is 3. The molecule has 0 spiro atoms. The third-order valence-corrected chi connectivity index (χ3v) is 3.75. The zero-order chi connectivity index (χ0) is 15.0. The van der Waals surface area contributed by atoms with Crippen molar-refractivity contribution in [2.45, 2.75) is 39.2 Å². The average Bonchev–Trinajstić information content (AvgIpc) is 2.42.